The summed E-state index contributed by atoms with van der Waals surface area (Å²) in [7, 11) is 0. The summed E-state index contributed by atoms with van der Waals surface area (Å²) in [5.74, 6) is 0.0953. The van der Waals surface area contributed by atoms with Crippen molar-refractivity contribution in [1.29, 1.82) is 5.26 Å². The van der Waals surface area contributed by atoms with Crippen LogP contribution in [0.15, 0.2) is 42.6 Å². The molecule has 10 heteroatoms. The third-order valence-electron chi connectivity index (χ3n) is 9.40. The van der Waals surface area contributed by atoms with Crippen LogP contribution in [0.1, 0.15) is 84.7 Å². The fourth-order valence-corrected chi connectivity index (χ4v) is 7.29. The quantitative estimate of drug-likeness (QED) is 0.235. The summed E-state index contributed by atoms with van der Waals surface area (Å²) in [5, 5.41) is 32.7. The normalized spacial score (nSPS) is 18.3. The Morgan fingerprint density at radius 1 is 1.13 bits per heavy atom. The lowest BCUT2D eigenvalue weighted by Crippen LogP contribution is -2.38. The Bertz CT molecular complexity index is 1730. The molecule has 0 bridgehead atoms. The highest BCUT2D eigenvalue weighted by atomic mass is 32.1. The molecule has 3 aromatic heterocycles. The highest BCUT2D eigenvalue weighted by Crippen LogP contribution is 2.38. The zero-order valence-corrected chi connectivity index (χ0v) is 26.9. The number of likely N-dealkylation sites (tertiary alicyclic amines) is 1. The fraction of sp³-hybridized carbons (Fsp3) is 0.457. The zero-order chi connectivity index (χ0) is 31.7. The van der Waals surface area contributed by atoms with Gasteiger partial charge in [-0.2, -0.15) is 5.26 Å². The number of pyridine rings is 2. The predicted molar refractivity (Wildman–Crippen MR) is 175 cm³/mol. The number of thiazole rings is 1. The molecule has 2 atom stereocenters. The second-order valence-corrected chi connectivity index (χ2v) is 14.4. The summed E-state index contributed by atoms with van der Waals surface area (Å²) in [5.41, 5.74) is 6.06. The lowest BCUT2D eigenvalue weighted by Gasteiger charge is -2.34. The molecule has 1 aliphatic carbocycles. The molecular formula is C35H40N6O3S. The first kappa shape index (κ1) is 31.1. The van der Waals surface area contributed by atoms with Crippen LogP contribution in [0.5, 0.6) is 5.88 Å². The number of aryl methyl sites for hydroxylation is 1. The van der Waals surface area contributed by atoms with Crippen molar-refractivity contribution in [1.82, 2.24) is 25.2 Å². The maximum atomic E-state index is 13.7. The number of carbonyl (C=O) groups is 1. The Balaban J connectivity index is 1.22. The number of hydrogen-bond donors (Lipinski definition) is 3. The number of nitriles is 1. The maximum absolute atomic E-state index is 13.7. The van der Waals surface area contributed by atoms with Gasteiger partial charge in [-0.25, -0.2) is 15.0 Å². The monoisotopic (exact) mass is 624 g/mol. The molecule has 9 nitrogen and oxygen atoms in total. The minimum Gasteiger partial charge on any atom is -0.492 e. The number of rotatable bonds is 7. The van der Waals surface area contributed by atoms with Crippen LogP contribution >= 0.6 is 11.3 Å². The third kappa shape index (κ3) is 7.01. The van der Waals surface area contributed by atoms with E-state index in [1.54, 1.807) is 6.07 Å². The van der Waals surface area contributed by atoms with Crippen molar-refractivity contribution in [3.05, 3.63) is 70.0 Å². The molecule has 234 valence electrons. The van der Waals surface area contributed by atoms with Crippen molar-refractivity contribution < 1.29 is 15.0 Å². The molecule has 1 aromatic carbocycles. The Kier molecular flexibility index (Phi) is 8.87. The number of fused-ring (bicyclic) bond motifs is 2. The van der Waals surface area contributed by atoms with Gasteiger partial charge in [0.15, 0.2) is 5.01 Å². The summed E-state index contributed by atoms with van der Waals surface area (Å²) in [6.07, 6.45) is 6.59. The molecule has 4 aromatic rings. The molecule has 0 radical (unpaired) electrons. The standard InChI is InChI=1S/C35H40N6O3S/c1-35(2,3)26-8-9-28-23(17-26)18-30-33(39-28)45-34(40-30)32(44)38-29(12-15-41-13-10-27(42)11-14-41)22-6-4-21(5-7-22)25-16-24(19-36)31(43)37-20-25/h4-7,16,18,20,26-27,29,42H,8-15,17H2,1-3H3,(H,37,43)(H,38,44)/t26-,29+/m0/s1. The molecule has 6 rings (SSSR count). The van der Waals surface area contributed by atoms with E-state index < -0.39 is 0 Å². The van der Waals surface area contributed by atoms with E-state index in [2.05, 4.69) is 42.0 Å². The summed E-state index contributed by atoms with van der Waals surface area (Å²) in [4.78, 5) is 30.5. The highest BCUT2D eigenvalue weighted by molar-refractivity contribution is 7.19. The van der Waals surface area contributed by atoms with Crippen LogP contribution in [0.2, 0.25) is 0 Å². The van der Waals surface area contributed by atoms with Gasteiger partial charge >= 0.3 is 0 Å². The van der Waals surface area contributed by atoms with E-state index in [0.717, 1.165) is 84.5 Å². The van der Waals surface area contributed by atoms with E-state index in [4.69, 9.17) is 9.97 Å². The largest absolute Gasteiger partial charge is 0.492 e. The zero-order valence-electron chi connectivity index (χ0n) is 26.1. The van der Waals surface area contributed by atoms with Crippen molar-refractivity contribution in [2.24, 2.45) is 11.3 Å². The fourth-order valence-electron chi connectivity index (χ4n) is 6.45. The van der Waals surface area contributed by atoms with Gasteiger partial charge in [0.25, 0.3) is 5.91 Å². The van der Waals surface area contributed by atoms with Crippen LogP contribution in [0.3, 0.4) is 0 Å². The van der Waals surface area contributed by atoms with Crippen molar-refractivity contribution >= 4 is 27.6 Å². The first-order valence-electron chi connectivity index (χ1n) is 15.8. The van der Waals surface area contributed by atoms with E-state index in [1.807, 2.05) is 30.3 Å². The molecule has 4 heterocycles. The second kappa shape index (κ2) is 12.8. The van der Waals surface area contributed by atoms with E-state index in [0.29, 0.717) is 17.3 Å². The minimum absolute atomic E-state index is 0.119. The number of nitrogens with zero attached hydrogens (tertiary/aromatic N) is 5. The lowest BCUT2D eigenvalue weighted by atomic mass is 9.71. The van der Waals surface area contributed by atoms with Crippen LogP contribution in [-0.4, -0.2) is 61.7 Å². The predicted octanol–water partition coefficient (Wildman–Crippen LogP) is 5.80. The van der Waals surface area contributed by atoms with Gasteiger partial charge in [-0.3, -0.25) is 4.79 Å². The lowest BCUT2D eigenvalue weighted by molar-refractivity contribution is 0.0795. The SMILES string of the molecule is CC(C)(C)[C@H]1CCc2nc3sc(C(=O)N[C@H](CCN4CCC(O)CC4)c4ccc(-c5cnc(O)c(C#N)c5)cc4)nc3cc2C1. The minimum atomic E-state index is -0.287. The number of aliphatic hydroxyl groups excluding tert-OH is 1. The average Bonchev–Trinajstić information content (AvgIpc) is 3.45. The molecule has 2 aliphatic rings. The van der Waals surface area contributed by atoms with E-state index in [9.17, 15) is 20.3 Å². The summed E-state index contributed by atoms with van der Waals surface area (Å²) in [6, 6.07) is 13.3. The Morgan fingerprint density at radius 2 is 1.89 bits per heavy atom. The van der Waals surface area contributed by atoms with Gasteiger partial charge in [0.1, 0.15) is 22.0 Å². The number of aromatic nitrogens is 3. The van der Waals surface area contributed by atoms with Crippen LogP contribution in [0, 0.1) is 22.7 Å². The average molecular weight is 625 g/mol. The number of nitrogens with one attached hydrogen (secondary N) is 1. The third-order valence-corrected chi connectivity index (χ3v) is 10.4. The molecule has 0 saturated carbocycles. The first-order chi connectivity index (χ1) is 21.6. The van der Waals surface area contributed by atoms with Crippen LogP contribution in [0.25, 0.3) is 21.5 Å². The van der Waals surface area contributed by atoms with Gasteiger partial charge in [-0.05, 0) is 78.7 Å². The van der Waals surface area contributed by atoms with Crippen LogP contribution in [-0.2, 0) is 12.8 Å². The molecule has 1 amide bonds. The van der Waals surface area contributed by atoms with Crippen molar-refractivity contribution in [3.63, 3.8) is 0 Å². The Labute approximate surface area is 268 Å². The molecule has 0 unspecified atom stereocenters. The van der Waals surface area contributed by atoms with Gasteiger partial charge in [0, 0.05) is 37.1 Å². The molecule has 3 N–H and O–H groups in total. The first-order valence-corrected chi connectivity index (χ1v) is 16.6. The number of piperidine rings is 1. The van der Waals surface area contributed by atoms with E-state index >= 15 is 0 Å². The molecule has 1 fully saturated rings. The maximum Gasteiger partial charge on any atom is 0.280 e. The highest BCUT2D eigenvalue weighted by Gasteiger charge is 2.30. The smallest absolute Gasteiger partial charge is 0.280 e. The van der Waals surface area contributed by atoms with Gasteiger partial charge in [0.05, 0.1) is 12.1 Å². The summed E-state index contributed by atoms with van der Waals surface area (Å²) >= 11 is 1.35. The van der Waals surface area contributed by atoms with Crippen molar-refractivity contribution in [2.45, 2.75) is 71.4 Å². The van der Waals surface area contributed by atoms with Gasteiger partial charge in [-0.15, -0.1) is 0 Å². The molecule has 0 spiro atoms. The molecule has 45 heavy (non-hydrogen) atoms. The van der Waals surface area contributed by atoms with Gasteiger partial charge in [0.2, 0.25) is 5.88 Å². The van der Waals surface area contributed by atoms with Crippen LogP contribution in [0.4, 0.5) is 0 Å². The summed E-state index contributed by atoms with van der Waals surface area (Å²) in [6.45, 7) is 9.35. The Hall–Kier alpha value is -3.91. The number of hydrogen-bond acceptors (Lipinski definition) is 9. The summed E-state index contributed by atoms with van der Waals surface area (Å²) < 4.78 is 0. The van der Waals surface area contributed by atoms with Crippen LogP contribution < -0.4 is 5.32 Å². The molecule has 1 saturated heterocycles. The number of amides is 1. The number of carbonyl (C=O) groups excluding carboxylic acids is 1. The number of aromatic hydroxyl groups is 1. The number of benzene rings is 1. The van der Waals surface area contributed by atoms with E-state index in [1.165, 1.54) is 23.1 Å². The van der Waals surface area contributed by atoms with E-state index in [-0.39, 0.29) is 34.9 Å². The van der Waals surface area contributed by atoms with Crippen molar-refractivity contribution in [2.75, 3.05) is 19.6 Å². The topological polar surface area (TPSA) is 135 Å². The van der Waals surface area contributed by atoms with Crippen molar-refractivity contribution in [3.8, 4) is 23.1 Å². The van der Waals surface area contributed by atoms with Gasteiger partial charge < -0.3 is 20.4 Å². The number of aliphatic hydroxyl groups is 1. The Morgan fingerprint density at radius 3 is 2.60 bits per heavy atom. The second-order valence-electron chi connectivity index (χ2n) is 13.5. The van der Waals surface area contributed by atoms with Gasteiger partial charge in [-0.1, -0.05) is 56.4 Å². The molecule has 1 aliphatic heterocycles. The molecular weight excluding hydrogens is 584 g/mol.